The zero-order valence-corrected chi connectivity index (χ0v) is 7.81. The van der Waals surface area contributed by atoms with Gasteiger partial charge in [0.15, 0.2) is 0 Å². The Morgan fingerprint density at radius 2 is 1.92 bits per heavy atom. The van der Waals surface area contributed by atoms with E-state index >= 15 is 0 Å². The highest BCUT2D eigenvalue weighted by Gasteiger charge is 1.96. The molecule has 0 spiro atoms. The lowest BCUT2D eigenvalue weighted by Gasteiger charge is -2.08. The summed E-state index contributed by atoms with van der Waals surface area (Å²) >= 11 is 0. The van der Waals surface area contributed by atoms with Gasteiger partial charge in [-0.1, -0.05) is 5.92 Å². The SMILES string of the molecule is CC#CCNn1c(C)ccc1C. The average Bonchev–Trinajstić information content (AvgIpc) is 2.35. The van der Waals surface area contributed by atoms with Gasteiger partial charge in [0.1, 0.15) is 0 Å². The molecule has 1 rings (SSSR count). The molecule has 0 atom stereocenters. The highest BCUT2D eigenvalue weighted by atomic mass is 15.4. The smallest absolute Gasteiger partial charge is 0.0922 e. The van der Waals surface area contributed by atoms with Crippen LogP contribution in [-0.2, 0) is 0 Å². The second-order valence-electron chi connectivity index (χ2n) is 2.71. The van der Waals surface area contributed by atoms with E-state index in [0.29, 0.717) is 6.54 Å². The Hall–Kier alpha value is -1.36. The number of nitrogens with zero attached hydrogens (tertiary/aromatic N) is 1. The number of nitrogens with one attached hydrogen (secondary N) is 1. The molecule has 1 aromatic heterocycles. The van der Waals surface area contributed by atoms with Gasteiger partial charge in [0.05, 0.1) is 6.54 Å². The molecular formula is C10H14N2. The number of aromatic nitrogens is 1. The van der Waals surface area contributed by atoms with Crippen LogP contribution in [0.4, 0.5) is 0 Å². The van der Waals surface area contributed by atoms with E-state index in [1.54, 1.807) is 0 Å². The van der Waals surface area contributed by atoms with E-state index in [1.807, 2.05) is 11.6 Å². The van der Waals surface area contributed by atoms with Crippen molar-refractivity contribution >= 4 is 0 Å². The summed E-state index contributed by atoms with van der Waals surface area (Å²) in [6, 6.07) is 4.17. The van der Waals surface area contributed by atoms with E-state index in [9.17, 15) is 0 Å². The largest absolute Gasteiger partial charge is 0.314 e. The highest BCUT2D eigenvalue weighted by Crippen LogP contribution is 2.03. The van der Waals surface area contributed by atoms with Crippen LogP contribution in [0.25, 0.3) is 0 Å². The molecule has 0 bridgehead atoms. The maximum absolute atomic E-state index is 3.21. The lowest BCUT2D eigenvalue weighted by Crippen LogP contribution is -2.17. The van der Waals surface area contributed by atoms with E-state index in [1.165, 1.54) is 11.4 Å². The quantitative estimate of drug-likeness (QED) is 0.654. The van der Waals surface area contributed by atoms with Crippen LogP contribution < -0.4 is 5.43 Å². The average molecular weight is 162 g/mol. The molecular weight excluding hydrogens is 148 g/mol. The molecule has 0 aliphatic rings. The van der Waals surface area contributed by atoms with Crippen LogP contribution in [0.2, 0.25) is 0 Å². The van der Waals surface area contributed by atoms with Gasteiger partial charge in [0.25, 0.3) is 0 Å². The predicted octanol–water partition coefficient (Wildman–Crippen LogP) is 1.67. The van der Waals surface area contributed by atoms with Gasteiger partial charge < -0.3 is 5.43 Å². The van der Waals surface area contributed by atoms with E-state index < -0.39 is 0 Å². The molecule has 0 unspecified atom stereocenters. The van der Waals surface area contributed by atoms with Gasteiger partial charge in [-0.25, -0.2) is 0 Å². The van der Waals surface area contributed by atoms with E-state index in [-0.39, 0.29) is 0 Å². The third kappa shape index (κ3) is 1.82. The second kappa shape index (κ2) is 3.87. The zero-order chi connectivity index (χ0) is 8.97. The minimum Gasteiger partial charge on any atom is -0.314 e. The first-order chi connectivity index (χ1) is 5.75. The Balaban J connectivity index is 2.65. The normalized spacial score (nSPS) is 8.92. The molecule has 1 heterocycles. The Morgan fingerprint density at radius 3 is 2.42 bits per heavy atom. The molecule has 1 N–H and O–H groups in total. The second-order valence-corrected chi connectivity index (χ2v) is 2.71. The molecule has 0 aliphatic heterocycles. The summed E-state index contributed by atoms with van der Waals surface area (Å²) < 4.78 is 2.05. The molecule has 0 amide bonds. The molecule has 0 saturated carbocycles. The lowest BCUT2D eigenvalue weighted by atomic mass is 10.5. The van der Waals surface area contributed by atoms with Crippen LogP contribution in [0.1, 0.15) is 18.3 Å². The summed E-state index contributed by atoms with van der Waals surface area (Å²) in [6.45, 7) is 6.68. The van der Waals surface area contributed by atoms with Crippen LogP contribution >= 0.6 is 0 Å². The number of hydrogen-bond donors (Lipinski definition) is 1. The molecule has 0 saturated heterocycles. The molecule has 1 aromatic rings. The van der Waals surface area contributed by atoms with Crippen molar-refractivity contribution in [3.63, 3.8) is 0 Å². The van der Waals surface area contributed by atoms with Crippen molar-refractivity contribution in [2.45, 2.75) is 20.8 Å². The van der Waals surface area contributed by atoms with Crippen LogP contribution in [0, 0.1) is 25.7 Å². The Labute approximate surface area is 73.6 Å². The first-order valence-corrected chi connectivity index (χ1v) is 4.04. The predicted molar refractivity (Wildman–Crippen MR) is 51.6 cm³/mol. The zero-order valence-electron chi connectivity index (χ0n) is 7.81. The van der Waals surface area contributed by atoms with E-state index in [4.69, 9.17) is 0 Å². The molecule has 2 heteroatoms. The summed E-state index contributed by atoms with van der Waals surface area (Å²) in [7, 11) is 0. The monoisotopic (exact) mass is 162 g/mol. The molecule has 0 aromatic carbocycles. The van der Waals surface area contributed by atoms with Gasteiger partial charge in [-0.3, -0.25) is 4.68 Å². The lowest BCUT2D eigenvalue weighted by molar-refractivity contribution is 0.835. The van der Waals surface area contributed by atoms with E-state index in [2.05, 4.69) is 43.2 Å². The summed E-state index contributed by atoms with van der Waals surface area (Å²) in [5.41, 5.74) is 5.63. The van der Waals surface area contributed by atoms with Crippen molar-refractivity contribution in [1.29, 1.82) is 0 Å². The Bertz CT molecular complexity index is 293. The van der Waals surface area contributed by atoms with Gasteiger partial charge >= 0.3 is 0 Å². The van der Waals surface area contributed by atoms with Crippen LogP contribution in [0.5, 0.6) is 0 Å². The van der Waals surface area contributed by atoms with Crippen molar-refractivity contribution in [2.24, 2.45) is 0 Å². The Kier molecular flexibility index (Phi) is 2.82. The third-order valence-electron chi connectivity index (χ3n) is 1.77. The minimum absolute atomic E-state index is 0.701. The number of hydrogen-bond acceptors (Lipinski definition) is 1. The molecule has 12 heavy (non-hydrogen) atoms. The van der Waals surface area contributed by atoms with Crippen LogP contribution in [-0.4, -0.2) is 11.2 Å². The van der Waals surface area contributed by atoms with Crippen molar-refractivity contribution in [3.05, 3.63) is 23.5 Å². The fourth-order valence-electron chi connectivity index (χ4n) is 1.12. The minimum atomic E-state index is 0.701. The fraction of sp³-hybridized carbons (Fsp3) is 0.400. The maximum atomic E-state index is 3.21. The molecule has 2 nitrogen and oxygen atoms in total. The summed E-state index contributed by atoms with van der Waals surface area (Å²) in [5, 5.41) is 0. The van der Waals surface area contributed by atoms with Gasteiger partial charge in [-0.05, 0) is 32.9 Å². The topological polar surface area (TPSA) is 17.0 Å². The van der Waals surface area contributed by atoms with Gasteiger partial charge in [0, 0.05) is 11.4 Å². The van der Waals surface area contributed by atoms with Crippen LogP contribution in [0.3, 0.4) is 0 Å². The summed E-state index contributed by atoms with van der Waals surface area (Å²) in [4.78, 5) is 0. The molecule has 0 aliphatic carbocycles. The third-order valence-corrected chi connectivity index (χ3v) is 1.77. The van der Waals surface area contributed by atoms with Gasteiger partial charge in [-0.15, -0.1) is 5.92 Å². The van der Waals surface area contributed by atoms with Crippen molar-refractivity contribution < 1.29 is 0 Å². The number of rotatable bonds is 2. The summed E-state index contributed by atoms with van der Waals surface area (Å²) in [6.07, 6.45) is 0. The fourth-order valence-corrected chi connectivity index (χ4v) is 1.12. The van der Waals surface area contributed by atoms with Gasteiger partial charge in [0.2, 0.25) is 0 Å². The molecule has 0 radical (unpaired) electrons. The Morgan fingerprint density at radius 1 is 1.33 bits per heavy atom. The van der Waals surface area contributed by atoms with Gasteiger partial charge in [-0.2, -0.15) is 0 Å². The first kappa shape index (κ1) is 8.73. The highest BCUT2D eigenvalue weighted by molar-refractivity contribution is 5.16. The van der Waals surface area contributed by atoms with Crippen molar-refractivity contribution in [2.75, 3.05) is 12.0 Å². The maximum Gasteiger partial charge on any atom is 0.0922 e. The van der Waals surface area contributed by atoms with Crippen molar-refractivity contribution in [1.82, 2.24) is 4.68 Å². The number of aryl methyl sites for hydroxylation is 2. The first-order valence-electron chi connectivity index (χ1n) is 4.04. The molecule has 64 valence electrons. The molecule has 0 fully saturated rings. The van der Waals surface area contributed by atoms with E-state index in [0.717, 1.165) is 0 Å². The van der Waals surface area contributed by atoms with Crippen LogP contribution in [0.15, 0.2) is 12.1 Å². The standard InChI is InChI=1S/C10H14N2/c1-4-5-8-11-12-9(2)6-7-10(12)3/h6-7,11H,8H2,1-3H3. The van der Waals surface area contributed by atoms with Crippen molar-refractivity contribution in [3.8, 4) is 11.8 Å². The summed E-state index contributed by atoms with van der Waals surface area (Å²) in [5.74, 6) is 5.80.